The second-order valence-corrected chi connectivity index (χ2v) is 9.19. The molecule has 0 saturated heterocycles. The van der Waals surface area contributed by atoms with E-state index in [0.29, 0.717) is 8.81 Å². The fraction of sp³-hybridized carbons (Fsp3) is 0.556. The molecule has 9 heteroatoms. The lowest BCUT2D eigenvalue weighted by Crippen LogP contribution is -2.33. The third kappa shape index (κ3) is 4.06. The fourth-order valence-electron chi connectivity index (χ4n) is 1.22. The number of rotatable bonds is 6. The van der Waals surface area contributed by atoms with Crippen LogP contribution in [0.3, 0.4) is 0 Å². The molecule has 0 aromatic carbocycles. The van der Waals surface area contributed by atoms with E-state index in [0.717, 1.165) is 11.3 Å². The van der Waals surface area contributed by atoms with E-state index in [9.17, 15) is 8.42 Å². The van der Waals surface area contributed by atoms with Crippen molar-refractivity contribution < 1.29 is 13.2 Å². The Morgan fingerprint density at radius 2 is 2.22 bits per heavy atom. The summed E-state index contributed by atoms with van der Waals surface area (Å²) in [4.78, 5) is 0. The van der Waals surface area contributed by atoms with Gasteiger partial charge in [-0.1, -0.05) is 11.6 Å². The first-order valence-electron chi connectivity index (χ1n) is 4.83. The summed E-state index contributed by atoms with van der Waals surface area (Å²) < 4.78 is 31.2. The molecule has 0 bridgehead atoms. The van der Waals surface area contributed by atoms with Crippen molar-refractivity contribution in [3.05, 3.63) is 14.9 Å². The van der Waals surface area contributed by atoms with Gasteiger partial charge in [-0.25, -0.2) is 8.42 Å². The van der Waals surface area contributed by atoms with Crippen molar-refractivity contribution in [3.63, 3.8) is 0 Å². The highest BCUT2D eigenvalue weighted by Crippen LogP contribution is 2.35. The second kappa shape index (κ2) is 6.88. The van der Waals surface area contributed by atoms with Gasteiger partial charge in [0.1, 0.15) is 4.21 Å². The van der Waals surface area contributed by atoms with Crippen molar-refractivity contribution in [2.24, 2.45) is 0 Å². The molecular weight excluding hydrogens is 385 g/mol. The maximum Gasteiger partial charge on any atom is 0.252 e. The van der Waals surface area contributed by atoms with Gasteiger partial charge in [-0.2, -0.15) is 4.31 Å². The van der Waals surface area contributed by atoms with Crippen molar-refractivity contribution >= 4 is 60.5 Å². The second-order valence-electron chi connectivity index (χ2n) is 3.53. The van der Waals surface area contributed by atoms with Gasteiger partial charge in [0.05, 0.1) is 20.8 Å². The zero-order chi connectivity index (χ0) is 13.9. The van der Waals surface area contributed by atoms with Crippen LogP contribution < -0.4 is 0 Å². The predicted molar refractivity (Wildman–Crippen MR) is 78.4 cm³/mol. The number of nitrogens with zero attached hydrogens (tertiary/aromatic N) is 1. The molecule has 0 fully saturated rings. The molecule has 0 amide bonds. The number of ether oxygens (including phenoxy) is 1. The number of thiophene rings is 1. The molecule has 4 nitrogen and oxygen atoms in total. The van der Waals surface area contributed by atoms with Crippen LogP contribution in [0.2, 0.25) is 5.02 Å². The first kappa shape index (κ1) is 16.7. The largest absolute Gasteiger partial charge is 0.383 e. The topological polar surface area (TPSA) is 46.6 Å². The van der Waals surface area contributed by atoms with E-state index in [1.54, 1.807) is 0 Å². The molecule has 18 heavy (non-hydrogen) atoms. The van der Waals surface area contributed by atoms with Crippen molar-refractivity contribution in [2.45, 2.75) is 9.59 Å². The van der Waals surface area contributed by atoms with Crippen molar-refractivity contribution in [1.29, 1.82) is 0 Å². The normalized spacial score (nSPS) is 14.1. The molecule has 0 radical (unpaired) electrons. The van der Waals surface area contributed by atoms with Gasteiger partial charge in [0.25, 0.3) is 10.0 Å². The van der Waals surface area contributed by atoms with Crippen LogP contribution in [-0.4, -0.2) is 45.4 Å². The van der Waals surface area contributed by atoms with Crippen molar-refractivity contribution in [2.75, 3.05) is 27.3 Å². The average Bonchev–Trinajstić information content (AvgIpc) is 2.60. The van der Waals surface area contributed by atoms with E-state index in [1.807, 2.05) is 0 Å². The third-order valence-corrected chi connectivity index (χ3v) is 7.10. The molecule has 0 aliphatic rings. The van der Waals surface area contributed by atoms with Gasteiger partial charge < -0.3 is 4.74 Å². The number of sulfonamides is 1. The molecular formula is C9H12BrCl2NO3S2. The highest BCUT2D eigenvalue weighted by atomic mass is 79.9. The van der Waals surface area contributed by atoms with Crippen molar-refractivity contribution in [1.82, 2.24) is 4.31 Å². The van der Waals surface area contributed by atoms with E-state index in [2.05, 4.69) is 15.9 Å². The van der Waals surface area contributed by atoms with Crippen LogP contribution in [0.25, 0.3) is 0 Å². The predicted octanol–water partition coefficient (Wildman–Crippen LogP) is 3.04. The zero-order valence-electron chi connectivity index (χ0n) is 9.69. The first-order chi connectivity index (χ1) is 8.28. The summed E-state index contributed by atoms with van der Waals surface area (Å²) in [6.45, 7) is 0.459. The molecule has 1 aromatic rings. The minimum Gasteiger partial charge on any atom is -0.383 e. The number of hydrogen-bond donors (Lipinski definition) is 0. The smallest absolute Gasteiger partial charge is 0.252 e. The summed E-state index contributed by atoms with van der Waals surface area (Å²) in [5, 5.41) is -0.0139. The number of halogens is 3. The van der Waals surface area contributed by atoms with E-state index in [-0.39, 0.29) is 17.4 Å². The lowest BCUT2D eigenvalue weighted by Gasteiger charge is -2.18. The SMILES string of the molecule is COCC(Cl)CN(C)S(=O)(=O)c1cc(Cl)c(Br)s1. The summed E-state index contributed by atoms with van der Waals surface area (Å²) >= 11 is 16.0. The standard InChI is InChI=1S/C9H12BrCl2NO3S2/c1-13(4-6(11)5-16-2)18(14,15)8-3-7(12)9(10)17-8/h3,6H,4-5H2,1-2H3. The Hall–Kier alpha value is 0.630. The van der Waals surface area contributed by atoms with Gasteiger partial charge >= 0.3 is 0 Å². The van der Waals surface area contributed by atoms with Gasteiger partial charge in [-0.15, -0.1) is 22.9 Å². The Morgan fingerprint density at radius 3 is 2.67 bits per heavy atom. The maximum absolute atomic E-state index is 12.2. The van der Waals surface area contributed by atoms with Gasteiger partial charge in [0.2, 0.25) is 0 Å². The number of methoxy groups -OCH3 is 1. The van der Waals surface area contributed by atoms with Crippen LogP contribution in [0, 0.1) is 0 Å². The highest BCUT2D eigenvalue weighted by Gasteiger charge is 2.25. The lowest BCUT2D eigenvalue weighted by atomic mass is 10.4. The minimum atomic E-state index is -3.56. The molecule has 0 saturated carbocycles. The Kier molecular flexibility index (Phi) is 6.37. The van der Waals surface area contributed by atoms with Gasteiger partial charge in [-0.3, -0.25) is 0 Å². The van der Waals surface area contributed by atoms with Crippen LogP contribution in [-0.2, 0) is 14.8 Å². The van der Waals surface area contributed by atoms with Crippen LogP contribution >= 0.6 is 50.5 Å². The Morgan fingerprint density at radius 1 is 1.61 bits per heavy atom. The van der Waals surface area contributed by atoms with Crippen LogP contribution in [0.5, 0.6) is 0 Å². The summed E-state index contributed by atoms with van der Waals surface area (Å²) in [5.41, 5.74) is 0. The summed E-state index contributed by atoms with van der Waals surface area (Å²) in [6.07, 6.45) is 0. The lowest BCUT2D eigenvalue weighted by molar-refractivity contribution is 0.192. The maximum atomic E-state index is 12.2. The van der Waals surface area contributed by atoms with Gasteiger partial charge in [-0.05, 0) is 22.0 Å². The van der Waals surface area contributed by atoms with Crippen LogP contribution in [0.15, 0.2) is 14.1 Å². The molecule has 0 aliphatic heterocycles. The van der Waals surface area contributed by atoms with E-state index < -0.39 is 15.4 Å². The highest BCUT2D eigenvalue weighted by molar-refractivity contribution is 9.11. The number of alkyl halides is 1. The molecule has 1 rings (SSSR count). The molecule has 1 atom stereocenters. The molecule has 1 unspecified atom stereocenters. The number of hydrogen-bond acceptors (Lipinski definition) is 4. The minimum absolute atomic E-state index is 0.171. The average molecular weight is 397 g/mol. The van der Waals surface area contributed by atoms with E-state index in [1.165, 1.54) is 24.5 Å². The third-order valence-electron chi connectivity index (χ3n) is 2.09. The Balaban J connectivity index is 2.86. The molecule has 0 spiro atoms. The molecule has 104 valence electrons. The van der Waals surface area contributed by atoms with Gasteiger partial charge in [0.15, 0.2) is 0 Å². The quantitative estimate of drug-likeness (QED) is 0.694. The first-order valence-corrected chi connectivity index (χ1v) is 8.69. The Bertz CT molecular complexity index is 486. The van der Waals surface area contributed by atoms with Crippen molar-refractivity contribution in [3.8, 4) is 0 Å². The van der Waals surface area contributed by atoms with Gasteiger partial charge in [0, 0.05) is 20.7 Å². The van der Waals surface area contributed by atoms with Crippen LogP contribution in [0.4, 0.5) is 0 Å². The molecule has 0 N–H and O–H groups in total. The van der Waals surface area contributed by atoms with Crippen LogP contribution in [0.1, 0.15) is 0 Å². The van der Waals surface area contributed by atoms with E-state index >= 15 is 0 Å². The summed E-state index contributed by atoms with van der Waals surface area (Å²) in [5.74, 6) is 0. The Labute approximate surface area is 129 Å². The summed E-state index contributed by atoms with van der Waals surface area (Å²) in [7, 11) is -0.569. The zero-order valence-corrected chi connectivity index (χ0v) is 14.4. The molecule has 1 heterocycles. The fourth-order valence-corrected chi connectivity index (χ4v) is 5.46. The van der Waals surface area contributed by atoms with E-state index in [4.69, 9.17) is 27.9 Å². The molecule has 0 aliphatic carbocycles. The monoisotopic (exact) mass is 395 g/mol. The molecule has 1 aromatic heterocycles. The summed E-state index contributed by atoms with van der Waals surface area (Å²) in [6, 6.07) is 1.42.